The van der Waals surface area contributed by atoms with Crippen LogP contribution in [-0.2, 0) is 16.6 Å². The number of anilines is 1. The molecule has 27 heavy (non-hydrogen) atoms. The molecule has 0 saturated heterocycles. The van der Waals surface area contributed by atoms with Gasteiger partial charge < -0.3 is 9.47 Å². The Morgan fingerprint density at radius 3 is 2.30 bits per heavy atom. The summed E-state index contributed by atoms with van der Waals surface area (Å²) < 4.78 is 38.6. The summed E-state index contributed by atoms with van der Waals surface area (Å²) >= 11 is 0. The fraction of sp³-hybridized carbons (Fsp3) is 0.150. The summed E-state index contributed by atoms with van der Waals surface area (Å²) in [4.78, 5) is 4.20. The third-order valence-corrected chi connectivity index (χ3v) is 5.81. The number of benzene rings is 2. The van der Waals surface area contributed by atoms with Gasteiger partial charge in [-0.3, -0.25) is 9.29 Å². The molecule has 0 N–H and O–H groups in total. The van der Waals surface area contributed by atoms with Crippen LogP contribution in [0, 0.1) is 0 Å². The lowest BCUT2D eigenvalue weighted by atomic mass is 10.2. The van der Waals surface area contributed by atoms with Crippen LogP contribution in [0.1, 0.15) is 5.56 Å². The van der Waals surface area contributed by atoms with Crippen molar-refractivity contribution in [3.8, 4) is 11.5 Å². The van der Waals surface area contributed by atoms with Crippen molar-refractivity contribution in [3.63, 3.8) is 0 Å². The Morgan fingerprint density at radius 2 is 1.67 bits per heavy atom. The molecule has 3 rings (SSSR count). The van der Waals surface area contributed by atoms with Crippen molar-refractivity contribution in [2.45, 2.75) is 11.4 Å². The van der Waals surface area contributed by atoms with Crippen LogP contribution in [0.3, 0.4) is 0 Å². The first-order valence-electron chi connectivity index (χ1n) is 8.25. The standard InChI is InChI=1S/C20H20N2O4S/c1-25-19-11-10-18(13-20(19)26-2)27(23,24)22(17-8-4-3-5-9-17)15-16-7-6-12-21-14-16/h3-14H,15H2,1-2H3. The van der Waals surface area contributed by atoms with Gasteiger partial charge in [0, 0.05) is 18.5 Å². The Bertz CT molecular complexity index is 993. The molecule has 140 valence electrons. The quantitative estimate of drug-likeness (QED) is 0.624. The number of ether oxygens (including phenoxy) is 2. The molecule has 7 heteroatoms. The third kappa shape index (κ3) is 4.03. The molecule has 1 aromatic heterocycles. The van der Waals surface area contributed by atoms with Crippen LogP contribution in [-0.4, -0.2) is 27.6 Å². The zero-order valence-electron chi connectivity index (χ0n) is 15.1. The molecule has 0 bridgehead atoms. The second kappa shape index (κ2) is 8.09. The van der Waals surface area contributed by atoms with Gasteiger partial charge in [-0.1, -0.05) is 24.3 Å². The van der Waals surface area contributed by atoms with E-state index in [1.54, 1.807) is 48.8 Å². The number of aromatic nitrogens is 1. The molecule has 0 aliphatic rings. The predicted molar refractivity (Wildman–Crippen MR) is 104 cm³/mol. The smallest absolute Gasteiger partial charge is 0.264 e. The van der Waals surface area contributed by atoms with Gasteiger partial charge >= 0.3 is 0 Å². The first-order chi connectivity index (χ1) is 13.1. The van der Waals surface area contributed by atoms with Crippen molar-refractivity contribution in [1.82, 2.24) is 4.98 Å². The van der Waals surface area contributed by atoms with Gasteiger partial charge in [0.15, 0.2) is 11.5 Å². The maximum Gasteiger partial charge on any atom is 0.264 e. The lowest BCUT2D eigenvalue weighted by Gasteiger charge is -2.25. The molecule has 0 aliphatic carbocycles. The van der Waals surface area contributed by atoms with Gasteiger partial charge in [0.05, 0.1) is 31.3 Å². The molecule has 0 radical (unpaired) electrons. The van der Waals surface area contributed by atoms with Crippen LogP contribution < -0.4 is 13.8 Å². The lowest BCUT2D eigenvalue weighted by molar-refractivity contribution is 0.354. The summed E-state index contributed by atoms with van der Waals surface area (Å²) in [7, 11) is -0.864. The van der Waals surface area contributed by atoms with Crippen molar-refractivity contribution < 1.29 is 17.9 Å². The second-order valence-corrected chi connectivity index (χ2v) is 7.59. The summed E-state index contributed by atoms with van der Waals surface area (Å²) in [5.74, 6) is 0.822. The van der Waals surface area contributed by atoms with Gasteiger partial charge in [-0.15, -0.1) is 0 Å². The second-order valence-electron chi connectivity index (χ2n) is 5.73. The van der Waals surface area contributed by atoms with E-state index in [9.17, 15) is 8.42 Å². The minimum absolute atomic E-state index is 0.118. The summed E-state index contributed by atoms with van der Waals surface area (Å²) in [6.45, 7) is 0.161. The Kier molecular flexibility index (Phi) is 5.61. The summed E-state index contributed by atoms with van der Waals surface area (Å²) in [6.07, 6.45) is 3.30. The number of nitrogens with zero attached hydrogens (tertiary/aromatic N) is 2. The number of sulfonamides is 1. The molecule has 0 fully saturated rings. The third-order valence-electron chi connectivity index (χ3n) is 4.04. The molecular weight excluding hydrogens is 364 g/mol. The van der Waals surface area contributed by atoms with E-state index < -0.39 is 10.0 Å². The van der Waals surface area contributed by atoms with E-state index in [0.717, 1.165) is 5.56 Å². The van der Waals surface area contributed by atoms with Gasteiger partial charge in [0.2, 0.25) is 0 Å². The highest BCUT2D eigenvalue weighted by Gasteiger charge is 2.26. The van der Waals surface area contributed by atoms with E-state index in [1.807, 2.05) is 12.1 Å². The first kappa shape index (κ1) is 18.7. The van der Waals surface area contributed by atoms with Crippen molar-refractivity contribution >= 4 is 15.7 Å². The molecule has 2 aromatic carbocycles. The lowest BCUT2D eigenvalue weighted by Crippen LogP contribution is -2.30. The summed E-state index contributed by atoms with van der Waals surface area (Å²) in [6, 6.07) is 17.1. The average molecular weight is 384 g/mol. The fourth-order valence-electron chi connectivity index (χ4n) is 2.67. The molecule has 0 unspecified atom stereocenters. The predicted octanol–water partition coefficient (Wildman–Crippen LogP) is 3.49. The average Bonchev–Trinajstić information content (AvgIpc) is 2.72. The molecule has 0 saturated carbocycles. The highest BCUT2D eigenvalue weighted by molar-refractivity contribution is 7.92. The summed E-state index contributed by atoms with van der Waals surface area (Å²) in [5, 5.41) is 0. The Balaban J connectivity index is 2.07. The van der Waals surface area contributed by atoms with Gasteiger partial charge in [-0.25, -0.2) is 8.42 Å². The molecule has 0 spiro atoms. The number of hydrogen-bond acceptors (Lipinski definition) is 5. The zero-order valence-corrected chi connectivity index (χ0v) is 15.9. The molecule has 1 heterocycles. The van der Waals surface area contributed by atoms with E-state index in [4.69, 9.17) is 9.47 Å². The molecule has 0 amide bonds. The van der Waals surface area contributed by atoms with Gasteiger partial charge in [0.1, 0.15) is 0 Å². The van der Waals surface area contributed by atoms with E-state index >= 15 is 0 Å². The number of hydrogen-bond donors (Lipinski definition) is 0. The minimum atomic E-state index is -3.84. The van der Waals surface area contributed by atoms with Crippen LogP contribution in [0.4, 0.5) is 5.69 Å². The van der Waals surface area contributed by atoms with Crippen LogP contribution in [0.15, 0.2) is 78.0 Å². The summed E-state index contributed by atoms with van der Waals surface area (Å²) in [5.41, 5.74) is 1.35. The Hall–Kier alpha value is -3.06. The van der Waals surface area contributed by atoms with Crippen molar-refractivity contribution in [2.24, 2.45) is 0 Å². The monoisotopic (exact) mass is 384 g/mol. The van der Waals surface area contributed by atoms with Crippen LogP contribution in [0.25, 0.3) is 0 Å². The van der Waals surface area contributed by atoms with Gasteiger partial charge in [-0.05, 0) is 35.9 Å². The Labute approximate surface area is 159 Å². The van der Waals surface area contributed by atoms with E-state index in [-0.39, 0.29) is 11.4 Å². The molecule has 0 atom stereocenters. The molecule has 3 aromatic rings. The van der Waals surface area contributed by atoms with Crippen molar-refractivity contribution in [2.75, 3.05) is 18.5 Å². The minimum Gasteiger partial charge on any atom is -0.493 e. The number of pyridine rings is 1. The van der Waals surface area contributed by atoms with Gasteiger partial charge in [0.25, 0.3) is 10.0 Å². The topological polar surface area (TPSA) is 68.7 Å². The van der Waals surface area contributed by atoms with Crippen LogP contribution in [0.2, 0.25) is 0 Å². The normalized spacial score (nSPS) is 11.0. The highest BCUT2D eigenvalue weighted by atomic mass is 32.2. The largest absolute Gasteiger partial charge is 0.493 e. The van der Waals surface area contributed by atoms with Gasteiger partial charge in [-0.2, -0.15) is 0 Å². The molecule has 0 aliphatic heterocycles. The number of methoxy groups -OCH3 is 2. The maximum atomic E-state index is 13.4. The first-order valence-corrected chi connectivity index (χ1v) is 9.69. The van der Waals surface area contributed by atoms with E-state index in [1.165, 1.54) is 30.7 Å². The SMILES string of the molecule is COc1ccc(S(=O)(=O)N(Cc2cccnc2)c2ccccc2)cc1OC. The molecule has 6 nitrogen and oxygen atoms in total. The maximum absolute atomic E-state index is 13.4. The fourth-order valence-corrected chi connectivity index (χ4v) is 4.14. The van der Waals surface area contributed by atoms with Crippen molar-refractivity contribution in [3.05, 3.63) is 78.6 Å². The van der Waals surface area contributed by atoms with Crippen molar-refractivity contribution in [1.29, 1.82) is 0 Å². The van der Waals surface area contributed by atoms with E-state index in [2.05, 4.69) is 4.98 Å². The van der Waals surface area contributed by atoms with Crippen LogP contribution >= 0.6 is 0 Å². The zero-order chi connectivity index (χ0) is 19.3. The number of para-hydroxylation sites is 1. The molecular formula is C20H20N2O4S. The van der Waals surface area contributed by atoms with E-state index in [0.29, 0.717) is 17.2 Å². The van der Waals surface area contributed by atoms with Crippen LogP contribution in [0.5, 0.6) is 11.5 Å². The highest BCUT2D eigenvalue weighted by Crippen LogP contribution is 2.32. The number of rotatable bonds is 7. The Morgan fingerprint density at radius 1 is 0.926 bits per heavy atom.